The molecule has 2 aliphatic rings. The summed E-state index contributed by atoms with van der Waals surface area (Å²) in [5, 5.41) is 11.0. The molecule has 0 aromatic heterocycles. The van der Waals surface area contributed by atoms with E-state index in [4.69, 9.17) is 0 Å². The van der Waals surface area contributed by atoms with Crippen LogP contribution in [-0.4, -0.2) is 44.7 Å². The molecule has 2 heterocycles. The molecule has 0 aliphatic carbocycles. The van der Waals surface area contributed by atoms with Gasteiger partial charge in [-0.25, -0.2) is 0 Å². The molecular weight excluding hydrogens is 228 g/mol. The fourth-order valence-corrected chi connectivity index (χ4v) is 3.71. The van der Waals surface area contributed by atoms with Gasteiger partial charge in [0, 0.05) is 18.8 Å². The van der Waals surface area contributed by atoms with Crippen LogP contribution in [0.3, 0.4) is 0 Å². The molecule has 2 N–H and O–H groups in total. The molecule has 0 aromatic carbocycles. The highest BCUT2D eigenvalue weighted by Crippen LogP contribution is 2.08. The van der Waals surface area contributed by atoms with Crippen molar-refractivity contribution in [3.05, 3.63) is 0 Å². The summed E-state index contributed by atoms with van der Waals surface area (Å²) in [6.45, 7) is 8.06. The first-order chi connectivity index (χ1) is 8.70. The number of carbonyl (C=O) groups is 1. The average molecular weight is 255 g/mol. The number of rotatable bonds is 4. The molecule has 0 saturated carbocycles. The molecule has 0 amide bonds. The van der Waals surface area contributed by atoms with Gasteiger partial charge in [0.05, 0.1) is 44.7 Å². The second-order valence-electron chi connectivity index (χ2n) is 6.04. The lowest BCUT2D eigenvalue weighted by Crippen LogP contribution is -3.21. The number of carboxylic acids is 1. The third-order valence-corrected chi connectivity index (χ3v) is 4.77. The van der Waals surface area contributed by atoms with E-state index in [0.29, 0.717) is 6.04 Å². The first-order valence-corrected chi connectivity index (χ1v) is 7.59. The SMILES string of the molecule is CCC[NH+]1CCC([NH+]2CCC[C@@H](C(=O)[O-])C2)CC1. The Hall–Kier alpha value is -0.610. The summed E-state index contributed by atoms with van der Waals surface area (Å²) in [6.07, 6.45) is 5.68. The number of carbonyl (C=O) groups excluding carboxylic acids is 1. The number of aliphatic carboxylic acids is 1. The van der Waals surface area contributed by atoms with Crippen molar-refractivity contribution in [1.29, 1.82) is 0 Å². The fraction of sp³-hybridized carbons (Fsp3) is 0.929. The monoisotopic (exact) mass is 255 g/mol. The zero-order valence-electron chi connectivity index (χ0n) is 11.5. The van der Waals surface area contributed by atoms with Crippen LogP contribution in [0.5, 0.6) is 0 Å². The number of hydrogen-bond donors (Lipinski definition) is 2. The van der Waals surface area contributed by atoms with E-state index in [-0.39, 0.29) is 5.92 Å². The summed E-state index contributed by atoms with van der Waals surface area (Å²) < 4.78 is 0. The summed E-state index contributed by atoms with van der Waals surface area (Å²) in [5.41, 5.74) is 0. The van der Waals surface area contributed by atoms with Crippen LogP contribution in [0.4, 0.5) is 0 Å². The predicted molar refractivity (Wildman–Crippen MR) is 67.3 cm³/mol. The van der Waals surface area contributed by atoms with Crippen molar-refractivity contribution in [2.45, 2.75) is 45.1 Å². The Balaban J connectivity index is 1.80. The zero-order chi connectivity index (χ0) is 13.0. The van der Waals surface area contributed by atoms with E-state index < -0.39 is 5.97 Å². The molecule has 2 atom stereocenters. The van der Waals surface area contributed by atoms with Gasteiger partial charge in [-0.1, -0.05) is 6.92 Å². The number of piperidine rings is 2. The minimum atomic E-state index is -0.832. The lowest BCUT2D eigenvalue weighted by molar-refractivity contribution is -0.962. The standard InChI is InChI=1S/C14H26N2O2/c1-2-7-15-9-5-13(6-10-15)16-8-3-4-12(11-16)14(17)18/h12-13H,2-11H2,1H3,(H,17,18)/p+1/t12-/m1/s1. The Labute approximate surface area is 110 Å². The van der Waals surface area contributed by atoms with Crippen LogP contribution < -0.4 is 14.9 Å². The summed E-state index contributed by atoms with van der Waals surface area (Å²) in [7, 11) is 0. The van der Waals surface area contributed by atoms with Crippen LogP contribution in [0.15, 0.2) is 0 Å². The van der Waals surface area contributed by atoms with Gasteiger partial charge in [-0.2, -0.15) is 0 Å². The molecule has 0 radical (unpaired) electrons. The van der Waals surface area contributed by atoms with Gasteiger partial charge in [-0.3, -0.25) is 0 Å². The van der Waals surface area contributed by atoms with Crippen molar-refractivity contribution in [2.24, 2.45) is 5.92 Å². The molecule has 4 heteroatoms. The molecule has 4 nitrogen and oxygen atoms in total. The van der Waals surface area contributed by atoms with Crippen molar-refractivity contribution < 1.29 is 19.7 Å². The van der Waals surface area contributed by atoms with Crippen molar-refractivity contribution in [3.63, 3.8) is 0 Å². The van der Waals surface area contributed by atoms with Crippen molar-refractivity contribution in [1.82, 2.24) is 0 Å². The molecule has 2 aliphatic heterocycles. The third kappa shape index (κ3) is 3.45. The third-order valence-electron chi connectivity index (χ3n) is 4.77. The smallest absolute Gasteiger partial charge is 0.0983 e. The Kier molecular flexibility index (Phi) is 5.01. The van der Waals surface area contributed by atoms with Gasteiger partial charge >= 0.3 is 0 Å². The number of likely N-dealkylation sites (tertiary alicyclic amines) is 2. The minimum Gasteiger partial charge on any atom is -0.550 e. The van der Waals surface area contributed by atoms with Crippen LogP contribution in [0.1, 0.15) is 39.0 Å². The minimum absolute atomic E-state index is 0.199. The second kappa shape index (κ2) is 6.53. The summed E-state index contributed by atoms with van der Waals surface area (Å²) in [4.78, 5) is 14.3. The maximum absolute atomic E-state index is 11.0. The predicted octanol–water partition coefficient (Wildman–Crippen LogP) is -2.51. The van der Waals surface area contributed by atoms with E-state index >= 15 is 0 Å². The van der Waals surface area contributed by atoms with E-state index in [1.807, 2.05) is 0 Å². The molecule has 1 unspecified atom stereocenters. The van der Waals surface area contributed by atoms with Crippen molar-refractivity contribution in [3.8, 4) is 0 Å². The van der Waals surface area contributed by atoms with Crippen molar-refractivity contribution >= 4 is 5.97 Å². The van der Waals surface area contributed by atoms with Gasteiger partial charge in [0.2, 0.25) is 0 Å². The van der Waals surface area contributed by atoms with E-state index in [1.54, 1.807) is 4.90 Å². The van der Waals surface area contributed by atoms with Crippen LogP contribution in [0, 0.1) is 5.92 Å². The number of hydrogen-bond acceptors (Lipinski definition) is 2. The summed E-state index contributed by atoms with van der Waals surface area (Å²) in [6, 6.07) is 0.702. The van der Waals surface area contributed by atoms with Crippen LogP contribution >= 0.6 is 0 Å². The van der Waals surface area contributed by atoms with Gasteiger partial charge in [-0.15, -0.1) is 0 Å². The van der Waals surface area contributed by atoms with Crippen LogP contribution in [-0.2, 0) is 4.79 Å². The molecular formula is C14H27N2O2+. The van der Waals surface area contributed by atoms with Gasteiger partial charge in [-0.05, 0) is 19.3 Å². The number of nitrogens with one attached hydrogen (secondary N) is 2. The molecule has 2 rings (SSSR count). The van der Waals surface area contributed by atoms with E-state index in [9.17, 15) is 9.90 Å². The first-order valence-electron chi connectivity index (χ1n) is 7.59. The highest BCUT2D eigenvalue weighted by Gasteiger charge is 2.33. The Morgan fingerprint density at radius 3 is 2.56 bits per heavy atom. The van der Waals surface area contributed by atoms with E-state index in [2.05, 4.69) is 6.92 Å². The zero-order valence-corrected chi connectivity index (χ0v) is 11.5. The summed E-state index contributed by atoms with van der Waals surface area (Å²) >= 11 is 0. The Bertz CT molecular complexity index is 275. The molecule has 0 aromatic rings. The maximum Gasteiger partial charge on any atom is 0.0983 e. The number of carboxylic acid groups (broad SMARTS) is 1. The van der Waals surface area contributed by atoms with Crippen LogP contribution in [0.2, 0.25) is 0 Å². The quantitative estimate of drug-likeness (QED) is 0.583. The first kappa shape index (κ1) is 13.8. The molecule has 0 bridgehead atoms. The lowest BCUT2D eigenvalue weighted by atomic mass is 9.94. The topological polar surface area (TPSA) is 49.0 Å². The highest BCUT2D eigenvalue weighted by atomic mass is 16.4. The van der Waals surface area contributed by atoms with E-state index in [0.717, 1.165) is 25.9 Å². The largest absolute Gasteiger partial charge is 0.550 e. The molecule has 0 spiro atoms. The van der Waals surface area contributed by atoms with Gasteiger partial charge < -0.3 is 19.7 Å². The van der Waals surface area contributed by atoms with Crippen molar-refractivity contribution in [2.75, 3.05) is 32.7 Å². The average Bonchev–Trinajstić information content (AvgIpc) is 2.40. The summed E-state index contributed by atoms with van der Waals surface area (Å²) in [5.74, 6) is -1.03. The Morgan fingerprint density at radius 2 is 1.94 bits per heavy atom. The van der Waals surface area contributed by atoms with Crippen LogP contribution in [0.25, 0.3) is 0 Å². The van der Waals surface area contributed by atoms with Gasteiger partial charge in [0.1, 0.15) is 0 Å². The van der Waals surface area contributed by atoms with E-state index in [1.165, 1.54) is 43.8 Å². The molecule has 2 saturated heterocycles. The van der Waals surface area contributed by atoms with Gasteiger partial charge in [0.15, 0.2) is 0 Å². The molecule has 2 fully saturated rings. The highest BCUT2D eigenvalue weighted by molar-refractivity contribution is 5.67. The fourth-order valence-electron chi connectivity index (χ4n) is 3.71. The van der Waals surface area contributed by atoms with Gasteiger partial charge in [0.25, 0.3) is 0 Å². The Morgan fingerprint density at radius 1 is 1.22 bits per heavy atom. The number of quaternary nitrogens is 2. The maximum atomic E-state index is 11.0. The lowest BCUT2D eigenvalue weighted by Gasteiger charge is -2.38. The molecule has 104 valence electrons. The normalized spacial score (nSPS) is 37.4. The molecule has 18 heavy (non-hydrogen) atoms. The second-order valence-corrected chi connectivity index (χ2v) is 6.04.